The van der Waals surface area contributed by atoms with Gasteiger partial charge in [-0.15, -0.1) is 0 Å². The van der Waals surface area contributed by atoms with Crippen molar-refractivity contribution < 1.29 is 0 Å². The van der Waals surface area contributed by atoms with Gasteiger partial charge in [0.05, 0.1) is 0 Å². The SMILES string of the molecule is CC[C@H]1CN2CC[C@H]1C[C@@H]2CNC(C)C. The number of nitrogens with zero attached hydrogens (tertiary/aromatic N) is 1. The molecule has 2 heteroatoms. The molecule has 0 spiro atoms. The smallest absolute Gasteiger partial charge is 0.0223 e. The van der Waals surface area contributed by atoms with E-state index in [-0.39, 0.29) is 0 Å². The van der Waals surface area contributed by atoms with Gasteiger partial charge in [0.1, 0.15) is 0 Å². The average molecular weight is 210 g/mol. The van der Waals surface area contributed by atoms with Gasteiger partial charge in [0.15, 0.2) is 0 Å². The summed E-state index contributed by atoms with van der Waals surface area (Å²) in [5.41, 5.74) is 0. The van der Waals surface area contributed by atoms with E-state index in [2.05, 4.69) is 31.0 Å². The molecule has 4 atom stereocenters. The predicted molar refractivity (Wildman–Crippen MR) is 65.0 cm³/mol. The Morgan fingerprint density at radius 3 is 2.73 bits per heavy atom. The van der Waals surface area contributed by atoms with E-state index in [1.165, 1.54) is 38.9 Å². The van der Waals surface area contributed by atoms with Gasteiger partial charge in [-0.3, -0.25) is 4.90 Å². The molecule has 0 radical (unpaired) electrons. The monoisotopic (exact) mass is 210 g/mol. The molecule has 1 unspecified atom stereocenters. The van der Waals surface area contributed by atoms with Crippen LogP contribution >= 0.6 is 0 Å². The quantitative estimate of drug-likeness (QED) is 0.764. The zero-order chi connectivity index (χ0) is 10.8. The summed E-state index contributed by atoms with van der Waals surface area (Å²) >= 11 is 0. The van der Waals surface area contributed by atoms with Gasteiger partial charge in [0, 0.05) is 25.2 Å². The van der Waals surface area contributed by atoms with E-state index in [9.17, 15) is 0 Å². The molecule has 0 aromatic rings. The minimum Gasteiger partial charge on any atom is -0.313 e. The summed E-state index contributed by atoms with van der Waals surface area (Å²) in [6.45, 7) is 10.8. The molecule has 3 saturated heterocycles. The lowest BCUT2D eigenvalue weighted by Crippen LogP contribution is -2.56. The molecule has 0 saturated carbocycles. The molecule has 88 valence electrons. The average Bonchev–Trinajstić information content (AvgIpc) is 2.27. The topological polar surface area (TPSA) is 15.3 Å². The first-order chi connectivity index (χ1) is 7.20. The van der Waals surface area contributed by atoms with E-state index in [4.69, 9.17) is 0 Å². The number of rotatable bonds is 4. The van der Waals surface area contributed by atoms with Gasteiger partial charge in [-0.1, -0.05) is 27.2 Å². The van der Waals surface area contributed by atoms with Crippen LogP contribution in [-0.2, 0) is 0 Å². The van der Waals surface area contributed by atoms with Crippen molar-refractivity contribution in [3.05, 3.63) is 0 Å². The van der Waals surface area contributed by atoms with Crippen LogP contribution < -0.4 is 5.32 Å². The van der Waals surface area contributed by atoms with Crippen LogP contribution in [0.15, 0.2) is 0 Å². The lowest BCUT2D eigenvalue weighted by Gasteiger charge is -2.50. The van der Waals surface area contributed by atoms with E-state index in [0.29, 0.717) is 6.04 Å². The van der Waals surface area contributed by atoms with E-state index >= 15 is 0 Å². The Bertz CT molecular complexity index is 203. The van der Waals surface area contributed by atoms with Crippen molar-refractivity contribution in [3.8, 4) is 0 Å². The van der Waals surface area contributed by atoms with Gasteiger partial charge in [-0.05, 0) is 31.2 Å². The number of piperidine rings is 3. The van der Waals surface area contributed by atoms with Crippen LogP contribution in [0.1, 0.15) is 40.0 Å². The Kier molecular flexibility index (Phi) is 3.68. The Labute approximate surface area is 94.4 Å². The Balaban J connectivity index is 1.85. The van der Waals surface area contributed by atoms with Gasteiger partial charge in [0.25, 0.3) is 0 Å². The molecule has 1 N–H and O–H groups in total. The van der Waals surface area contributed by atoms with Gasteiger partial charge in [0.2, 0.25) is 0 Å². The Morgan fingerprint density at radius 2 is 2.20 bits per heavy atom. The van der Waals surface area contributed by atoms with E-state index in [0.717, 1.165) is 17.9 Å². The summed E-state index contributed by atoms with van der Waals surface area (Å²) in [4.78, 5) is 2.73. The maximum Gasteiger partial charge on any atom is 0.0223 e. The van der Waals surface area contributed by atoms with Crippen LogP contribution in [0.25, 0.3) is 0 Å². The van der Waals surface area contributed by atoms with Crippen molar-refractivity contribution in [1.82, 2.24) is 10.2 Å². The molecule has 15 heavy (non-hydrogen) atoms. The molecular formula is C13H26N2. The van der Waals surface area contributed by atoms with E-state index < -0.39 is 0 Å². The second-order valence-electron chi connectivity index (χ2n) is 5.66. The second kappa shape index (κ2) is 4.84. The van der Waals surface area contributed by atoms with Crippen LogP contribution in [-0.4, -0.2) is 36.6 Å². The summed E-state index contributed by atoms with van der Waals surface area (Å²) in [6, 6.07) is 1.46. The van der Waals surface area contributed by atoms with E-state index in [1.807, 2.05) is 0 Å². The first-order valence-corrected chi connectivity index (χ1v) is 6.68. The van der Waals surface area contributed by atoms with Crippen LogP contribution in [0.2, 0.25) is 0 Å². The van der Waals surface area contributed by atoms with Crippen molar-refractivity contribution >= 4 is 0 Å². The fourth-order valence-corrected chi connectivity index (χ4v) is 3.30. The van der Waals surface area contributed by atoms with Crippen molar-refractivity contribution in [2.24, 2.45) is 11.8 Å². The second-order valence-corrected chi connectivity index (χ2v) is 5.66. The molecule has 3 rings (SSSR count). The van der Waals surface area contributed by atoms with Crippen molar-refractivity contribution in [3.63, 3.8) is 0 Å². The minimum atomic E-state index is 0.633. The van der Waals surface area contributed by atoms with Gasteiger partial charge < -0.3 is 5.32 Å². The van der Waals surface area contributed by atoms with Crippen molar-refractivity contribution in [2.45, 2.75) is 52.1 Å². The maximum absolute atomic E-state index is 3.59. The molecule has 3 heterocycles. The highest BCUT2D eigenvalue weighted by Crippen LogP contribution is 2.37. The van der Waals surface area contributed by atoms with E-state index in [1.54, 1.807) is 0 Å². The Morgan fingerprint density at radius 1 is 1.40 bits per heavy atom. The fourth-order valence-electron chi connectivity index (χ4n) is 3.30. The normalized spacial score (nSPS) is 40.0. The van der Waals surface area contributed by atoms with Crippen molar-refractivity contribution in [2.75, 3.05) is 19.6 Å². The number of hydrogen-bond acceptors (Lipinski definition) is 2. The van der Waals surface area contributed by atoms with Crippen LogP contribution in [0, 0.1) is 11.8 Å². The summed E-state index contributed by atoms with van der Waals surface area (Å²) < 4.78 is 0. The summed E-state index contributed by atoms with van der Waals surface area (Å²) in [5.74, 6) is 2.02. The van der Waals surface area contributed by atoms with Crippen LogP contribution in [0.3, 0.4) is 0 Å². The highest BCUT2D eigenvalue weighted by Gasteiger charge is 2.38. The number of fused-ring (bicyclic) bond motifs is 3. The van der Waals surface area contributed by atoms with Crippen LogP contribution in [0.5, 0.6) is 0 Å². The Hall–Kier alpha value is -0.0800. The predicted octanol–water partition coefficient (Wildman–Crippen LogP) is 2.10. The number of nitrogens with one attached hydrogen (secondary N) is 1. The molecule has 0 aromatic carbocycles. The third-order valence-corrected chi connectivity index (χ3v) is 4.30. The zero-order valence-corrected chi connectivity index (χ0v) is 10.5. The van der Waals surface area contributed by atoms with Gasteiger partial charge in [-0.25, -0.2) is 0 Å². The number of hydrogen-bond donors (Lipinski definition) is 1. The summed E-state index contributed by atoms with van der Waals surface area (Å²) in [7, 11) is 0. The molecule has 2 nitrogen and oxygen atoms in total. The molecule has 0 aliphatic carbocycles. The molecule has 0 aromatic heterocycles. The first kappa shape index (κ1) is 11.4. The zero-order valence-electron chi connectivity index (χ0n) is 10.5. The molecule has 3 aliphatic rings. The molecule has 3 aliphatic heterocycles. The molecule has 3 fully saturated rings. The lowest BCUT2D eigenvalue weighted by atomic mass is 9.74. The standard InChI is InChI=1S/C13H26N2/c1-4-11-9-15-6-5-12(11)7-13(15)8-14-10(2)3/h10-14H,4-9H2,1-3H3/t11-,12-,13+/m0/s1. The first-order valence-electron chi connectivity index (χ1n) is 6.68. The highest BCUT2D eigenvalue weighted by atomic mass is 15.2. The molecule has 0 amide bonds. The van der Waals surface area contributed by atoms with Gasteiger partial charge in [-0.2, -0.15) is 0 Å². The van der Waals surface area contributed by atoms with Crippen LogP contribution in [0.4, 0.5) is 0 Å². The summed E-state index contributed by atoms with van der Waals surface area (Å²) in [5, 5.41) is 3.59. The van der Waals surface area contributed by atoms with Gasteiger partial charge >= 0.3 is 0 Å². The minimum absolute atomic E-state index is 0.633. The maximum atomic E-state index is 3.59. The van der Waals surface area contributed by atoms with Crippen molar-refractivity contribution in [1.29, 1.82) is 0 Å². The highest BCUT2D eigenvalue weighted by molar-refractivity contribution is 4.93. The lowest BCUT2D eigenvalue weighted by molar-refractivity contribution is -0.000171. The molecule has 2 bridgehead atoms. The fraction of sp³-hybridized carbons (Fsp3) is 1.00. The largest absolute Gasteiger partial charge is 0.313 e. The summed E-state index contributed by atoms with van der Waals surface area (Å²) in [6.07, 6.45) is 4.28. The third kappa shape index (κ3) is 2.54. The molecular weight excluding hydrogens is 184 g/mol. The third-order valence-electron chi connectivity index (χ3n) is 4.30.